The monoisotopic (exact) mass is 342 g/mol. The lowest BCUT2D eigenvalue weighted by atomic mass is 10.1. The van der Waals surface area contributed by atoms with E-state index in [1.54, 1.807) is 19.4 Å². The molecule has 0 radical (unpaired) electrons. The summed E-state index contributed by atoms with van der Waals surface area (Å²) < 4.78 is 5.44. The first-order valence-corrected chi connectivity index (χ1v) is 8.36. The molecule has 1 fully saturated rings. The van der Waals surface area contributed by atoms with E-state index in [0.717, 1.165) is 40.4 Å². The second-order valence-electron chi connectivity index (χ2n) is 6.37. The molecule has 0 saturated heterocycles. The minimum absolute atomic E-state index is 0.419. The molecular formula is C19H14N6O. The van der Waals surface area contributed by atoms with Crippen LogP contribution in [0, 0.1) is 11.3 Å². The van der Waals surface area contributed by atoms with Gasteiger partial charge in [-0.05, 0) is 25.0 Å². The quantitative estimate of drug-likeness (QED) is 0.613. The number of fused-ring (bicyclic) bond motifs is 3. The number of ether oxygens (including phenoxy) is 1. The summed E-state index contributed by atoms with van der Waals surface area (Å²) in [5.41, 5.74) is 3.89. The van der Waals surface area contributed by atoms with Gasteiger partial charge in [-0.25, -0.2) is 19.9 Å². The molecule has 4 aromatic rings. The van der Waals surface area contributed by atoms with Crippen molar-refractivity contribution in [3.63, 3.8) is 0 Å². The van der Waals surface area contributed by atoms with E-state index in [9.17, 15) is 0 Å². The molecule has 1 aromatic carbocycles. The van der Waals surface area contributed by atoms with Crippen LogP contribution in [0.2, 0.25) is 0 Å². The van der Waals surface area contributed by atoms with Crippen LogP contribution in [0.15, 0.2) is 30.7 Å². The highest BCUT2D eigenvalue weighted by molar-refractivity contribution is 6.06. The fourth-order valence-electron chi connectivity index (χ4n) is 3.29. The number of hydrogen-bond donors (Lipinski definition) is 1. The van der Waals surface area contributed by atoms with Crippen molar-refractivity contribution in [3.05, 3.63) is 42.0 Å². The van der Waals surface area contributed by atoms with Crippen LogP contribution < -0.4 is 4.74 Å². The summed E-state index contributed by atoms with van der Waals surface area (Å²) in [4.78, 5) is 21.2. The molecule has 3 aromatic heterocycles. The third-order valence-electron chi connectivity index (χ3n) is 4.70. The Morgan fingerprint density at radius 3 is 2.85 bits per heavy atom. The summed E-state index contributed by atoms with van der Waals surface area (Å²) in [6.07, 6.45) is 5.55. The molecule has 7 nitrogen and oxygen atoms in total. The molecule has 0 atom stereocenters. The molecule has 1 aliphatic rings. The molecule has 0 amide bonds. The lowest BCUT2D eigenvalue weighted by Crippen LogP contribution is -2.02. The van der Waals surface area contributed by atoms with E-state index < -0.39 is 0 Å². The number of nitrogens with one attached hydrogen (secondary N) is 1. The van der Waals surface area contributed by atoms with Crippen molar-refractivity contribution in [3.8, 4) is 23.3 Å². The van der Waals surface area contributed by atoms with Gasteiger partial charge in [0, 0.05) is 28.4 Å². The largest absolute Gasteiger partial charge is 0.480 e. The van der Waals surface area contributed by atoms with Crippen LogP contribution in [0.3, 0.4) is 0 Å². The van der Waals surface area contributed by atoms with Crippen LogP contribution in [0.25, 0.3) is 33.3 Å². The van der Waals surface area contributed by atoms with Gasteiger partial charge in [-0.2, -0.15) is 5.26 Å². The fourth-order valence-corrected chi connectivity index (χ4v) is 3.29. The smallest absolute Gasteiger partial charge is 0.227 e. The molecule has 0 unspecified atom stereocenters. The van der Waals surface area contributed by atoms with E-state index in [1.807, 2.05) is 12.1 Å². The maximum atomic E-state index is 9.09. The van der Waals surface area contributed by atoms with Crippen molar-refractivity contribution < 1.29 is 4.74 Å². The number of aromatic nitrogens is 5. The molecule has 0 aliphatic heterocycles. The van der Waals surface area contributed by atoms with Crippen LogP contribution in [0.4, 0.5) is 0 Å². The van der Waals surface area contributed by atoms with E-state index >= 15 is 0 Å². The van der Waals surface area contributed by atoms with Crippen molar-refractivity contribution in [2.75, 3.05) is 7.11 Å². The molecule has 3 heterocycles. The van der Waals surface area contributed by atoms with E-state index in [4.69, 9.17) is 15.0 Å². The van der Waals surface area contributed by atoms with Gasteiger partial charge in [-0.1, -0.05) is 6.07 Å². The molecule has 0 bridgehead atoms. The van der Waals surface area contributed by atoms with Gasteiger partial charge in [0.05, 0.1) is 24.4 Å². The fraction of sp³-hybridized carbons (Fsp3) is 0.211. The molecule has 1 aliphatic carbocycles. The minimum Gasteiger partial charge on any atom is -0.480 e. The van der Waals surface area contributed by atoms with E-state index in [0.29, 0.717) is 28.8 Å². The number of hydrogen-bond acceptors (Lipinski definition) is 6. The van der Waals surface area contributed by atoms with Gasteiger partial charge in [0.25, 0.3) is 0 Å². The standard InChI is InChI=1S/C19H14N6O/c1-26-19-15(16(11-3-4-11)22-9-23-19)18-21-8-13-12-5-2-10(7-20)6-14(12)24-17(13)25-18/h2,5-6,8-9,11H,3-4H2,1H3,(H,21,24,25). The molecule has 1 saturated carbocycles. The first-order valence-electron chi connectivity index (χ1n) is 8.36. The highest BCUT2D eigenvalue weighted by atomic mass is 16.5. The number of nitriles is 1. The lowest BCUT2D eigenvalue weighted by Gasteiger charge is -2.10. The van der Waals surface area contributed by atoms with Gasteiger partial charge in [0.2, 0.25) is 5.88 Å². The van der Waals surface area contributed by atoms with Crippen molar-refractivity contribution in [2.45, 2.75) is 18.8 Å². The molecule has 0 spiro atoms. The normalized spacial score (nSPS) is 13.8. The van der Waals surface area contributed by atoms with Crippen LogP contribution in [0.1, 0.15) is 30.0 Å². The van der Waals surface area contributed by atoms with E-state index in [1.165, 1.54) is 6.33 Å². The Balaban J connectivity index is 1.74. The summed E-state index contributed by atoms with van der Waals surface area (Å²) >= 11 is 0. The predicted octanol–water partition coefficient (Wildman–Crippen LogP) is 3.33. The number of methoxy groups -OCH3 is 1. The number of H-pyrrole nitrogens is 1. The number of rotatable bonds is 3. The van der Waals surface area contributed by atoms with Gasteiger partial charge < -0.3 is 9.72 Å². The SMILES string of the molecule is COc1ncnc(C2CC2)c1-c1ncc2c(n1)[nH]c1cc(C#N)ccc12. The Labute approximate surface area is 148 Å². The molecule has 26 heavy (non-hydrogen) atoms. The van der Waals surface area contributed by atoms with Gasteiger partial charge in [-0.3, -0.25) is 0 Å². The third-order valence-corrected chi connectivity index (χ3v) is 4.70. The molecule has 7 heteroatoms. The number of nitrogens with zero attached hydrogens (tertiary/aromatic N) is 5. The predicted molar refractivity (Wildman–Crippen MR) is 95.7 cm³/mol. The first kappa shape index (κ1) is 14.8. The van der Waals surface area contributed by atoms with Gasteiger partial charge >= 0.3 is 0 Å². The number of aromatic amines is 1. The van der Waals surface area contributed by atoms with Crippen molar-refractivity contribution in [1.82, 2.24) is 24.9 Å². The zero-order valence-corrected chi connectivity index (χ0v) is 14.0. The summed E-state index contributed by atoms with van der Waals surface area (Å²) in [6.45, 7) is 0. The van der Waals surface area contributed by atoms with Gasteiger partial charge in [0.1, 0.15) is 17.5 Å². The molecule has 5 rings (SSSR count). The Hall–Kier alpha value is -3.53. The van der Waals surface area contributed by atoms with E-state index in [2.05, 4.69) is 26.0 Å². The highest BCUT2D eigenvalue weighted by Gasteiger charge is 2.31. The Morgan fingerprint density at radius 2 is 2.08 bits per heavy atom. The Bertz CT molecular complexity index is 1200. The maximum Gasteiger partial charge on any atom is 0.227 e. The van der Waals surface area contributed by atoms with Gasteiger partial charge in [-0.15, -0.1) is 0 Å². The van der Waals surface area contributed by atoms with Crippen molar-refractivity contribution >= 4 is 21.9 Å². The van der Waals surface area contributed by atoms with Crippen LogP contribution in [0.5, 0.6) is 5.88 Å². The van der Waals surface area contributed by atoms with Crippen LogP contribution >= 0.6 is 0 Å². The van der Waals surface area contributed by atoms with Gasteiger partial charge in [0.15, 0.2) is 5.82 Å². The minimum atomic E-state index is 0.419. The average Bonchev–Trinajstić information content (AvgIpc) is 3.47. The average molecular weight is 342 g/mol. The highest BCUT2D eigenvalue weighted by Crippen LogP contribution is 2.44. The molecule has 1 N–H and O–H groups in total. The van der Waals surface area contributed by atoms with Crippen LogP contribution in [-0.4, -0.2) is 32.0 Å². The number of benzene rings is 1. The summed E-state index contributed by atoms with van der Waals surface area (Å²) in [7, 11) is 1.59. The molecule has 126 valence electrons. The second-order valence-corrected chi connectivity index (χ2v) is 6.37. The summed E-state index contributed by atoms with van der Waals surface area (Å²) in [6, 6.07) is 7.68. The second kappa shape index (κ2) is 5.49. The molecular weight excluding hydrogens is 328 g/mol. The summed E-state index contributed by atoms with van der Waals surface area (Å²) in [5, 5.41) is 11.0. The first-order chi connectivity index (χ1) is 12.8. The van der Waals surface area contributed by atoms with Crippen molar-refractivity contribution in [1.29, 1.82) is 5.26 Å². The zero-order valence-electron chi connectivity index (χ0n) is 14.0. The van der Waals surface area contributed by atoms with Crippen LogP contribution in [-0.2, 0) is 0 Å². The maximum absolute atomic E-state index is 9.09. The zero-order chi connectivity index (χ0) is 17.7. The van der Waals surface area contributed by atoms with E-state index in [-0.39, 0.29) is 0 Å². The van der Waals surface area contributed by atoms with Crippen molar-refractivity contribution in [2.24, 2.45) is 0 Å². The summed E-state index contributed by atoms with van der Waals surface area (Å²) in [5.74, 6) is 1.45. The Morgan fingerprint density at radius 1 is 1.19 bits per heavy atom. The topological polar surface area (TPSA) is 100 Å². The lowest BCUT2D eigenvalue weighted by molar-refractivity contribution is 0.397. The Kier molecular flexibility index (Phi) is 3.12. The third kappa shape index (κ3) is 2.19.